The molecule has 7 unspecified atom stereocenters. The van der Waals surface area contributed by atoms with Crippen LogP contribution in [0.5, 0.6) is 0 Å². The van der Waals surface area contributed by atoms with E-state index in [4.69, 9.17) is 4.74 Å². The van der Waals surface area contributed by atoms with Crippen LogP contribution >= 0.6 is 15.9 Å². The normalized spacial score (nSPS) is 50.2. The number of allylic oxidation sites excluding steroid dienone is 1. The van der Waals surface area contributed by atoms with Crippen molar-refractivity contribution in [1.82, 2.24) is 4.90 Å². The van der Waals surface area contributed by atoms with Gasteiger partial charge in [0.25, 0.3) is 0 Å². The second kappa shape index (κ2) is 5.36. The second-order valence-corrected chi connectivity index (χ2v) is 10.9. The maximum absolute atomic E-state index is 12.5. The summed E-state index contributed by atoms with van der Waals surface area (Å²) < 4.78 is 6.18. The van der Waals surface area contributed by atoms with Crippen molar-refractivity contribution in [3.63, 3.8) is 0 Å². The standard InChI is InChI=1S/C21H28BrNO3/c1-11-4-6-13-12-5-7-16-21(3,14(12)8-9-20(11,13)2)10-15(22)18-23(16)17(24)19(25)26-18/h11-14,16H,4-10H2,1-3H3. The van der Waals surface area contributed by atoms with Gasteiger partial charge in [0.2, 0.25) is 5.88 Å². The van der Waals surface area contributed by atoms with Gasteiger partial charge in [-0.15, -0.1) is 0 Å². The fourth-order valence-corrected chi connectivity index (χ4v) is 8.50. The van der Waals surface area contributed by atoms with Gasteiger partial charge in [0, 0.05) is 6.04 Å². The predicted octanol–water partition coefficient (Wildman–Crippen LogP) is 4.59. The number of amides is 1. The topological polar surface area (TPSA) is 46.6 Å². The third-order valence-electron chi connectivity index (χ3n) is 9.17. The summed E-state index contributed by atoms with van der Waals surface area (Å²) in [6.07, 6.45) is 8.34. The first kappa shape index (κ1) is 17.3. The molecule has 142 valence electrons. The van der Waals surface area contributed by atoms with E-state index in [2.05, 4.69) is 36.7 Å². The number of fused-ring (bicyclic) bond motifs is 7. The van der Waals surface area contributed by atoms with E-state index in [0.717, 1.165) is 35.1 Å². The van der Waals surface area contributed by atoms with E-state index in [1.54, 1.807) is 4.90 Å². The highest BCUT2D eigenvalue weighted by Gasteiger charge is 2.63. The summed E-state index contributed by atoms with van der Waals surface area (Å²) in [5.41, 5.74) is 0.530. The number of carbonyl (C=O) groups excluding carboxylic acids is 2. The molecule has 2 heterocycles. The Labute approximate surface area is 163 Å². The van der Waals surface area contributed by atoms with Gasteiger partial charge in [-0.2, -0.15) is 0 Å². The Bertz CT molecular complexity index is 733. The molecule has 7 atom stereocenters. The highest BCUT2D eigenvalue weighted by Crippen LogP contribution is 2.67. The van der Waals surface area contributed by atoms with Gasteiger partial charge in [-0.25, -0.2) is 4.79 Å². The minimum absolute atomic E-state index is 0.0298. The summed E-state index contributed by atoms with van der Waals surface area (Å²) in [5.74, 6) is 2.32. The molecule has 3 aliphatic carbocycles. The fourth-order valence-electron chi connectivity index (χ4n) is 7.62. The summed E-state index contributed by atoms with van der Waals surface area (Å²) in [5, 5.41) is 0. The van der Waals surface area contributed by atoms with Crippen LogP contribution in [0.3, 0.4) is 0 Å². The molecule has 26 heavy (non-hydrogen) atoms. The molecule has 1 amide bonds. The van der Waals surface area contributed by atoms with Crippen molar-refractivity contribution in [2.24, 2.45) is 34.5 Å². The molecule has 0 bridgehead atoms. The third kappa shape index (κ3) is 1.96. The Hall–Kier alpha value is -0.840. The van der Waals surface area contributed by atoms with Crippen LogP contribution in [-0.2, 0) is 14.3 Å². The monoisotopic (exact) mass is 421 g/mol. The second-order valence-electron chi connectivity index (χ2n) is 9.95. The van der Waals surface area contributed by atoms with Crippen LogP contribution in [0.15, 0.2) is 10.4 Å². The van der Waals surface area contributed by atoms with E-state index in [0.29, 0.717) is 17.2 Å². The van der Waals surface area contributed by atoms with Crippen LogP contribution < -0.4 is 0 Å². The fraction of sp³-hybridized carbons (Fsp3) is 0.810. The van der Waals surface area contributed by atoms with Gasteiger partial charge in [0.1, 0.15) is 0 Å². The minimum atomic E-state index is -0.718. The Morgan fingerprint density at radius 3 is 2.54 bits per heavy atom. The van der Waals surface area contributed by atoms with E-state index in [1.165, 1.54) is 32.1 Å². The molecule has 0 spiro atoms. The van der Waals surface area contributed by atoms with E-state index < -0.39 is 11.9 Å². The predicted molar refractivity (Wildman–Crippen MR) is 101 cm³/mol. The molecule has 4 fully saturated rings. The van der Waals surface area contributed by atoms with Crippen LogP contribution in [0.1, 0.15) is 65.7 Å². The molecular formula is C21H28BrNO3. The Morgan fingerprint density at radius 1 is 1.04 bits per heavy atom. The largest absolute Gasteiger partial charge is 0.404 e. The van der Waals surface area contributed by atoms with Gasteiger partial charge in [0.05, 0.1) is 4.48 Å². The molecule has 0 aromatic heterocycles. The number of ether oxygens (including phenoxy) is 1. The SMILES string of the molecule is CC1CCC2C3CCC4N5C(=O)C(=O)OC5=C(Br)CC4(C)C3CCC12C. The summed E-state index contributed by atoms with van der Waals surface area (Å²) >= 11 is 3.65. The van der Waals surface area contributed by atoms with E-state index >= 15 is 0 Å². The molecule has 0 aromatic rings. The molecule has 0 aromatic carbocycles. The van der Waals surface area contributed by atoms with Crippen LogP contribution in [0.25, 0.3) is 0 Å². The molecule has 5 aliphatic rings. The molecule has 0 radical (unpaired) electrons. The van der Waals surface area contributed by atoms with E-state index in [-0.39, 0.29) is 11.5 Å². The van der Waals surface area contributed by atoms with Crippen LogP contribution in [0, 0.1) is 34.5 Å². The molecule has 3 saturated carbocycles. The van der Waals surface area contributed by atoms with Crippen molar-refractivity contribution in [3.05, 3.63) is 10.4 Å². The lowest BCUT2D eigenvalue weighted by Gasteiger charge is -2.61. The number of halogens is 1. The zero-order valence-electron chi connectivity index (χ0n) is 15.9. The zero-order chi connectivity index (χ0) is 18.4. The quantitative estimate of drug-likeness (QED) is 0.424. The maximum atomic E-state index is 12.5. The molecular weight excluding hydrogens is 394 g/mol. The van der Waals surface area contributed by atoms with Gasteiger partial charge < -0.3 is 4.74 Å². The Balaban J connectivity index is 1.53. The molecule has 0 N–H and O–H groups in total. The van der Waals surface area contributed by atoms with Crippen molar-refractivity contribution in [2.75, 3.05) is 0 Å². The zero-order valence-corrected chi connectivity index (χ0v) is 17.5. The smallest absolute Gasteiger partial charge is 0.401 e. The number of esters is 1. The number of nitrogens with zero attached hydrogens (tertiary/aromatic N) is 1. The summed E-state index contributed by atoms with van der Waals surface area (Å²) in [7, 11) is 0. The lowest BCUT2D eigenvalue weighted by atomic mass is 9.47. The first-order valence-electron chi connectivity index (χ1n) is 10.2. The number of rotatable bonds is 0. The average molecular weight is 422 g/mol. The van der Waals surface area contributed by atoms with Crippen molar-refractivity contribution >= 4 is 27.8 Å². The lowest BCUT2D eigenvalue weighted by molar-refractivity contribution is -0.151. The molecule has 5 heteroatoms. The highest BCUT2D eigenvalue weighted by molar-refractivity contribution is 9.11. The third-order valence-corrected chi connectivity index (χ3v) is 9.79. The molecule has 4 nitrogen and oxygen atoms in total. The van der Waals surface area contributed by atoms with Gasteiger partial charge in [-0.1, -0.05) is 20.8 Å². The van der Waals surface area contributed by atoms with Gasteiger partial charge in [-0.3, -0.25) is 9.69 Å². The molecule has 1 saturated heterocycles. The van der Waals surface area contributed by atoms with Crippen molar-refractivity contribution in [2.45, 2.75) is 71.8 Å². The molecule has 5 rings (SSSR count). The van der Waals surface area contributed by atoms with Crippen LogP contribution in [0.2, 0.25) is 0 Å². The lowest BCUT2D eigenvalue weighted by Crippen LogP contribution is -2.60. The summed E-state index contributed by atoms with van der Waals surface area (Å²) in [6.45, 7) is 7.35. The Kier molecular flexibility index (Phi) is 3.56. The van der Waals surface area contributed by atoms with Gasteiger partial charge >= 0.3 is 11.9 Å². The Morgan fingerprint density at radius 2 is 1.77 bits per heavy atom. The van der Waals surface area contributed by atoms with Crippen LogP contribution in [0.4, 0.5) is 0 Å². The summed E-state index contributed by atoms with van der Waals surface area (Å²) in [4.78, 5) is 26.1. The number of carbonyl (C=O) groups is 2. The highest BCUT2D eigenvalue weighted by atomic mass is 79.9. The molecule has 2 aliphatic heterocycles. The van der Waals surface area contributed by atoms with E-state index in [1.807, 2.05) is 0 Å². The van der Waals surface area contributed by atoms with Gasteiger partial charge in [-0.05, 0) is 95.4 Å². The minimum Gasteiger partial charge on any atom is -0.401 e. The summed E-state index contributed by atoms with van der Waals surface area (Å²) in [6, 6.07) is 0.0992. The average Bonchev–Trinajstić information content (AvgIpc) is 3.05. The van der Waals surface area contributed by atoms with Crippen molar-refractivity contribution in [3.8, 4) is 0 Å². The number of hydrogen-bond donors (Lipinski definition) is 0. The van der Waals surface area contributed by atoms with E-state index in [9.17, 15) is 9.59 Å². The first-order chi connectivity index (χ1) is 12.3. The maximum Gasteiger partial charge on any atom is 0.404 e. The van der Waals surface area contributed by atoms with Gasteiger partial charge in [0.15, 0.2) is 0 Å². The first-order valence-corrected chi connectivity index (χ1v) is 11.0. The number of hydrogen-bond acceptors (Lipinski definition) is 3. The van der Waals surface area contributed by atoms with Crippen molar-refractivity contribution < 1.29 is 14.3 Å². The van der Waals surface area contributed by atoms with Crippen molar-refractivity contribution in [1.29, 1.82) is 0 Å². The van der Waals surface area contributed by atoms with Crippen LogP contribution in [-0.4, -0.2) is 22.8 Å².